The van der Waals surface area contributed by atoms with Crippen molar-refractivity contribution in [2.24, 2.45) is 5.92 Å². The van der Waals surface area contributed by atoms with Crippen molar-refractivity contribution in [3.05, 3.63) is 10.0 Å². The maximum absolute atomic E-state index is 5.62. The van der Waals surface area contributed by atoms with Crippen LogP contribution in [0.3, 0.4) is 0 Å². The number of hydrogen-bond acceptors (Lipinski definition) is 6. The topological polar surface area (TPSA) is 59.1 Å². The molecule has 3 atom stereocenters. The molecule has 0 amide bonds. The summed E-state index contributed by atoms with van der Waals surface area (Å²) in [5, 5.41) is 18.1. The summed E-state index contributed by atoms with van der Waals surface area (Å²) < 4.78 is 5.62. The van der Waals surface area contributed by atoms with Gasteiger partial charge < -0.3 is 15.4 Å². The summed E-state index contributed by atoms with van der Waals surface area (Å²) in [4.78, 5) is 0. The molecule has 1 saturated heterocycles. The molecule has 2 fully saturated rings. The molecular weight excluding hydrogens is 320 g/mol. The molecule has 3 rings (SSSR count). The number of aromatic nitrogens is 2. The van der Waals surface area contributed by atoms with Gasteiger partial charge in [0.1, 0.15) is 10.0 Å². The molecule has 2 N–H and O–H groups in total. The monoisotopic (exact) mass is 346 g/mol. The number of rotatable bonds is 5. The quantitative estimate of drug-likeness (QED) is 0.857. The number of halogens is 1. The van der Waals surface area contributed by atoms with Gasteiger partial charge in [-0.2, -0.15) is 0 Å². The number of nitrogens with zero attached hydrogens (tertiary/aromatic N) is 2. The molecule has 1 aliphatic heterocycles. The van der Waals surface area contributed by atoms with Gasteiger partial charge >= 0.3 is 0 Å². The molecule has 1 aromatic rings. The Morgan fingerprint density at radius 3 is 2.91 bits per heavy atom. The molecule has 5 nitrogen and oxygen atoms in total. The van der Waals surface area contributed by atoms with Crippen molar-refractivity contribution < 1.29 is 4.74 Å². The molecule has 0 spiro atoms. The highest BCUT2D eigenvalue weighted by atomic mass is 35.5. The van der Waals surface area contributed by atoms with Crippen LogP contribution in [-0.2, 0) is 11.3 Å². The largest absolute Gasteiger partial charge is 0.379 e. The van der Waals surface area contributed by atoms with E-state index < -0.39 is 0 Å². The SMILES string of the molecule is CC(C)c1nnc(CNC2CCCC2C2COCCN2)s1.Cl. The van der Waals surface area contributed by atoms with E-state index in [2.05, 4.69) is 34.7 Å². The van der Waals surface area contributed by atoms with Crippen LogP contribution in [-0.4, -0.2) is 42.0 Å². The van der Waals surface area contributed by atoms with E-state index in [9.17, 15) is 0 Å². The fraction of sp³-hybridized carbons (Fsp3) is 0.867. The smallest absolute Gasteiger partial charge is 0.131 e. The maximum atomic E-state index is 5.62. The van der Waals surface area contributed by atoms with E-state index in [0.717, 1.165) is 36.3 Å². The zero-order valence-electron chi connectivity index (χ0n) is 13.4. The summed E-state index contributed by atoms with van der Waals surface area (Å²) >= 11 is 1.74. The van der Waals surface area contributed by atoms with Gasteiger partial charge in [0.2, 0.25) is 0 Å². The van der Waals surface area contributed by atoms with E-state index in [4.69, 9.17) is 4.74 Å². The molecule has 7 heteroatoms. The minimum Gasteiger partial charge on any atom is -0.379 e. The lowest BCUT2D eigenvalue weighted by Crippen LogP contribution is -2.50. The fourth-order valence-corrected chi connectivity index (χ4v) is 4.17. The van der Waals surface area contributed by atoms with Crippen LogP contribution in [0.5, 0.6) is 0 Å². The highest BCUT2D eigenvalue weighted by molar-refractivity contribution is 7.11. The second-order valence-electron chi connectivity index (χ2n) is 6.41. The highest BCUT2D eigenvalue weighted by Crippen LogP contribution is 2.30. The Labute approximate surface area is 143 Å². The zero-order valence-corrected chi connectivity index (χ0v) is 15.0. The third-order valence-electron chi connectivity index (χ3n) is 4.53. The van der Waals surface area contributed by atoms with E-state index in [1.54, 1.807) is 11.3 Å². The molecule has 1 saturated carbocycles. The van der Waals surface area contributed by atoms with Gasteiger partial charge in [0, 0.05) is 31.1 Å². The van der Waals surface area contributed by atoms with Crippen LogP contribution in [0.2, 0.25) is 0 Å². The zero-order chi connectivity index (χ0) is 14.7. The van der Waals surface area contributed by atoms with Crippen molar-refractivity contribution in [2.45, 2.75) is 57.7 Å². The molecule has 2 heterocycles. The highest BCUT2D eigenvalue weighted by Gasteiger charge is 2.34. The lowest BCUT2D eigenvalue weighted by atomic mass is 9.94. The fourth-order valence-electron chi connectivity index (χ4n) is 3.37. The van der Waals surface area contributed by atoms with Gasteiger partial charge in [-0.05, 0) is 18.8 Å². The van der Waals surface area contributed by atoms with E-state index in [1.165, 1.54) is 19.3 Å². The minimum atomic E-state index is 0. The van der Waals surface area contributed by atoms with Crippen LogP contribution in [0.4, 0.5) is 0 Å². The van der Waals surface area contributed by atoms with E-state index in [1.807, 2.05) is 0 Å². The first-order valence-corrected chi connectivity index (χ1v) is 8.92. The molecule has 1 aliphatic carbocycles. The van der Waals surface area contributed by atoms with E-state index in [-0.39, 0.29) is 12.4 Å². The van der Waals surface area contributed by atoms with Crippen molar-refractivity contribution in [3.63, 3.8) is 0 Å². The van der Waals surface area contributed by atoms with Gasteiger partial charge in [-0.15, -0.1) is 22.6 Å². The Bertz CT molecular complexity index is 451. The Morgan fingerprint density at radius 2 is 2.23 bits per heavy atom. The Hall–Kier alpha value is -0.270. The third-order valence-corrected chi connectivity index (χ3v) is 5.75. The number of ether oxygens (including phenoxy) is 1. The van der Waals surface area contributed by atoms with Crippen molar-refractivity contribution in [3.8, 4) is 0 Å². The Kier molecular flexibility index (Phi) is 7.02. The van der Waals surface area contributed by atoms with Crippen molar-refractivity contribution in [1.29, 1.82) is 0 Å². The van der Waals surface area contributed by atoms with Crippen molar-refractivity contribution >= 4 is 23.7 Å². The van der Waals surface area contributed by atoms with Gasteiger partial charge in [-0.1, -0.05) is 31.6 Å². The standard InChI is InChI=1S/C15H26N4OS.ClH/c1-10(2)15-19-18-14(21-15)8-17-12-5-3-4-11(12)13-9-20-7-6-16-13;/h10-13,16-17H,3-9H2,1-2H3;1H. The summed E-state index contributed by atoms with van der Waals surface area (Å²) in [5.41, 5.74) is 0. The normalized spacial score (nSPS) is 28.8. The van der Waals surface area contributed by atoms with Crippen LogP contribution in [0, 0.1) is 5.92 Å². The predicted molar refractivity (Wildman–Crippen MR) is 91.8 cm³/mol. The summed E-state index contributed by atoms with van der Waals surface area (Å²) in [6.07, 6.45) is 3.87. The van der Waals surface area contributed by atoms with Crippen molar-refractivity contribution in [2.75, 3.05) is 19.8 Å². The van der Waals surface area contributed by atoms with Gasteiger partial charge in [-0.3, -0.25) is 0 Å². The second kappa shape index (κ2) is 8.55. The molecule has 22 heavy (non-hydrogen) atoms. The molecule has 3 unspecified atom stereocenters. The van der Waals surface area contributed by atoms with E-state index in [0.29, 0.717) is 23.9 Å². The molecular formula is C15H27ClN4OS. The van der Waals surface area contributed by atoms with Gasteiger partial charge in [0.05, 0.1) is 13.2 Å². The Balaban J connectivity index is 0.00000176. The van der Waals surface area contributed by atoms with Crippen LogP contribution in [0.25, 0.3) is 0 Å². The maximum Gasteiger partial charge on any atom is 0.131 e. The predicted octanol–water partition coefficient (Wildman–Crippen LogP) is 2.33. The molecule has 1 aromatic heterocycles. The molecule has 2 aliphatic rings. The summed E-state index contributed by atoms with van der Waals surface area (Å²) in [7, 11) is 0. The number of hydrogen-bond donors (Lipinski definition) is 2. The second-order valence-corrected chi connectivity index (χ2v) is 7.50. The van der Waals surface area contributed by atoms with Gasteiger partial charge in [0.15, 0.2) is 0 Å². The number of morpholine rings is 1. The average Bonchev–Trinajstić information content (AvgIpc) is 3.15. The van der Waals surface area contributed by atoms with Crippen LogP contribution < -0.4 is 10.6 Å². The van der Waals surface area contributed by atoms with Crippen LogP contribution in [0.1, 0.15) is 49.0 Å². The molecule has 126 valence electrons. The molecule has 0 bridgehead atoms. The lowest BCUT2D eigenvalue weighted by molar-refractivity contribution is 0.0524. The Morgan fingerprint density at radius 1 is 1.36 bits per heavy atom. The summed E-state index contributed by atoms with van der Waals surface area (Å²) in [5.74, 6) is 1.15. The van der Waals surface area contributed by atoms with Gasteiger partial charge in [-0.25, -0.2) is 0 Å². The minimum absolute atomic E-state index is 0. The van der Waals surface area contributed by atoms with Gasteiger partial charge in [0.25, 0.3) is 0 Å². The average molecular weight is 347 g/mol. The summed E-state index contributed by atoms with van der Waals surface area (Å²) in [6, 6.07) is 1.09. The van der Waals surface area contributed by atoms with E-state index >= 15 is 0 Å². The first kappa shape index (κ1) is 18.1. The van der Waals surface area contributed by atoms with Crippen LogP contribution >= 0.6 is 23.7 Å². The first-order chi connectivity index (χ1) is 10.2. The third kappa shape index (κ3) is 4.38. The lowest BCUT2D eigenvalue weighted by Gasteiger charge is -2.32. The molecule has 0 radical (unpaired) electrons. The first-order valence-electron chi connectivity index (χ1n) is 8.11. The van der Waals surface area contributed by atoms with Crippen LogP contribution in [0.15, 0.2) is 0 Å². The number of nitrogens with one attached hydrogen (secondary N) is 2. The summed E-state index contributed by atoms with van der Waals surface area (Å²) in [6.45, 7) is 7.88. The molecule has 0 aromatic carbocycles. The van der Waals surface area contributed by atoms with Crippen molar-refractivity contribution in [1.82, 2.24) is 20.8 Å².